The fraction of sp³-hybridized carbons (Fsp3) is 0.462. The molecule has 2 unspecified atom stereocenters. The van der Waals surface area contributed by atoms with Crippen LogP contribution in [0, 0.1) is 0 Å². The first kappa shape index (κ1) is 13.4. The second kappa shape index (κ2) is 6.81. The van der Waals surface area contributed by atoms with Gasteiger partial charge in [0.2, 0.25) is 0 Å². The summed E-state index contributed by atoms with van der Waals surface area (Å²) < 4.78 is 5.33. The molecule has 2 nitrogen and oxygen atoms in total. The molecule has 0 fully saturated rings. The van der Waals surface area contributed by atoms with E-state index in [-0.39, 0.29) is 16.7 Å². The summed E-state index contributed by atoms with van der Waals surface area (Å²) in [6.45, 7) is 2.07. The Morgan fingerprint density at radius 3 is 2.50 bits per heavy atom. The first-order valence-electron chi connectivity index (χ1n) is 5.44. The normalized spacial score (nSPS) is 14.4. The quantitative estimate of drug-likeness (QED) is 0.591. The lowest BCUT2D eigenvalue weighted by atomic mass is 10.0. The molecule has 0 aliphatic rings. The predicted octanol–water partition coefficient (Wildman–Crippen LogP) is 3.45. The molecule has 0 saturated heterocycles. The molecule has 0 aliphatic carbocycles. The van der Waals surface area contributed by atoms with Crippen molar-refractivity contribution in [2.75, 3.05) is 7.11 Å². The number of benzene rings is 1. The van der Waals surface area contributed by atoms with Crippen LogP contribution < -0.4 is 0 Å². The van der Waals surface area contributed by atoms with Gasteiger partial charge < -0.3 is 4.74 Å². The predicted molar refractivity (Wildman–Crippen MR) is 69.2 cm³/mol. The smallest absolute Gasteiger partial charge is 0.165 e. The van der Waals surface area contributed by atoms with Crippen molar-refractivity contribution < 1.29 is 9.53 Å². The fourth-order valence-corrected chi connectivity index (χ4v) is 1.95. The van der Waals surface area contributed by atoms with Crippen LogP contribution in [0.15, 0.2) is 30.3 Å². The SMILES string of the molecule is CCC(Br)C(CC(=O)c1ccccc1)OC. The highest BCUT2D eigenvalue weighted by Crippen LogP contribution is 2.18. The Labute approximate surface area is 105 Å². The first-order chi connectivity index (χ1) is 7.69. The number of rotatable bonds is 6. The third kappa shape index (κ3) is 3.72. The Hall–Kier alpha value is -0.670. The van der Waals surface area contributed by atoms with E-state index in [1.165, 1.54) is 0 Å². The molecule has 0 aliphatic heterocycles. The zero-order valence-corrected chi connectivity index (χ0v) is 11.2. The number of alkyl halides is 1. The van der Waals surface area contributed by atoms with Gasteiger partial charge in [-0.3, -0.25) is 4.79 Å². The van der Waals surface area contributed by atoms with Gasteiger partial charge in [0.25, 0.3) is 0 Å². The topological polar surface area (TPSA) is 26.3 Å². The summed E-state index contributed by atoms with van der Waals surface area (Å²) in [6.07, 6.45) is 1.31. The Bertz CT molecular complexity index is 324. The van der Waals surface area contributed by atoms with Gasteiger partial charge in [-0.15, -0.1) is 0 Å². The van der Waals surface area contributed by atoms with Crippen molar-refractivity contribution in [1.82, 2.24) is 0 Å². The Kier molecular flexibility index (Phi) is 5.71. The number of methoxy groups -OCH3 is 1. The van der Waals surface area contributed by atoms with Crippen LogP contribution in [0.25, 0.3) is 0 Å². The van der Waals surface area contributed by atoms with Crippen LogP contribution in [-0.2, 0) is 4.74 Å². The lowest BCUT2D eigenvalue weighted by Gasteiger charge is -2.19. The lowest BCUT2D eigenvalue weighted by molar-refractivity contribution is 0.0726. The molecule has 0 spiro atoms. The minimum Gasteiger partial charge on any atom is -0.380 e. The van der Waals surface area contributed by atoms with Gasteiger partial charge in [-0.2, -0.15) is 0 Å². The van der Waals surface area contributed by atoms with Gasteiger partial charge in [-0.25, -0.2) is 0 Å². The fourth-order valence-electron chi connectivity index (χ4n) is 1.55. The zero-order valence-electron chi connectivity index (χ0n) is 9.65. The van der Waals surface area contributed by atoms with E-state index in [4.69, 9.17) is 4.74 Å². The average Bonchev–Trinajstić information content (AvgIpc) is 2.35. The minimum atomic E-state index is -0.0577. The third-order valence-corrected chi connectivity index (χ3v) is 3.82. The van der Waals surface area contributed by atoms with Gasteiger partial charge in [-0.1, -0.05) is 53.2 Å². The summed E-state index contributed by atoms with van der Waals surface area (Å²) in [5.41, 5.74) is 0.750. The number of ketones is 1. The van der Waals surface area contributed by atoms with Crippen molar-refractivity contribution in [2.45, 2.75) is 30.7 Å². The van der Waals surface area contributed by atoms with Crippen LogP contribution in [-0.4, -0.2) is 23.8 Å². The molecule has 1 aromatic rings. The number of hydrogen-bond acceptors (Lipinski definition) is 2. The van der Waals surface area contributed by atoms with Crippen LogP contribution in [0.3, 0.4) is 0 Å². The maximum atomic E-state index is 11.9. The van der Waals surface area contributed by atoms with Gasteiger partial charge in [0.15, 0.2) is 5.78 Å². The van der Waals surface area contributed by atoms with Gasteiger partial charge in [0.05, 0.1) is 6.10 Å². The van der Waals surface area contributed by atoms with E-state index in [0.29, 0.717) is 6.42 Å². The maximum absolute atomic E-state index is 11.9. The molecule has 1 aromatic carbocycles. The second-order valence-corrected chi connectivity index (χ2v) is 4.87. The van der Waals surface area contributed by atoms with Gasteiger partial charge in [-0.05, 0) is 6.42 Å². The lowest BCUT2D eigenvalue weighted by Crippen LogP contribution is -2.25. The van der Waals surface area contributed by atoms with Crippen LogP contribution in [0.2, 0.25) is 0 Å². The van der Waals surface area contributed by atoms with Crippen molar-refractivity contribution in [2.24, 2.45) is 0 Å². The number of Topliss-reactive ketones (excluding diaryl/α,β-unsaturated/α-hetero) is 1. The number of carbonyl (C=O) groups excluding carboxylic acids is 1. The molecule has 0 amide bonds. The van der Waals surface area contributed by atoms with Gasteiger partial charge in [0.1, 0.15) is 0 Å². The number of ether oxygens (including phenoxy) is 1. The minimum absolute atomic E-state index is 0.0577. The summed E-state index contributed by atoms with van der Waals surface area (Å²) >= 11 is 3.53. The monoisotopic (exact) mass is 284 g/mol. The number of hydrogen-bond donors (Lipinski definition) is 0. The highest BCUT2D eigenvalue weighted by atomic mass is 79.9. The summed E-state index contributed by atoms with van der Waals surface area (Å²) in [7, 11) is 1.65. The Morgan fingerprint density at radius 2 is 2.00 bits per heavy atom. The average molecular weight is 285 g/mol. The summed E-state index contributed by atoms with van der Waals surface area (Å²) in [5.74, 6) is 0.130. The summed E-state index contributed by atoms with van der Waals surface area (Å²) in [6, 6.07) is 9.33. The van der Waals surface area contributed by atoms with E-state index in [9.17, 15) is 4.79 Å². The van der Waals surface area contributed by atoms with Gasteiger partial charge in [0, 0.05) is 23.9 Å². The number of halogens is 1. The second-order valence-electron chi connectivity index (χ2n) is 3.69. The van der Waals surface area contributed by atoms with Crippen LogP contribution in [0.5, 0.6) is 0 Å². The molecular weight excluding hydrogens is 268 g/mol. The molecule has 16 heavy (non-hydrogen) atoms. The summed E-state index contributed by atoms with van der Waals surface area (Å²) in [4.78, 5) is 12.2. The highest BCUT2D eigenvalue weighted by Gasteiger charge is 2.20. The third-order valence-electron chi connectivity index (χ3n) is 2.58. The van der Waals surface area contributed by atoms with E-state index in [2.05, 4.69) is 22.9 Å². The van der Waals surface area contributed by atoms with E-state index >= 15 is 0 Å². The molecule has 0 N–H and O–H groups in total. The van der Waals surface area contributed by atoms with E-state index in [0.717, 1.165) is 12.0 Å². The molecule has 0 heterocycles. The molecule has 0 saturated carbocycles. The van der Waals surface area contributed by atoms with Crippen LogP contribution >= 0.6 is 15.9 Å². The van der Waals surface area contributed by atoms with Crippen molar-refractivity contribution in [1.29, 1.82) is 0 Å². The molecule has 0 bridgehead atoms. The van der Waals surface area contributed by atoms with Crippen LogP contribution in [0.4, 0.5) is 0 Å². The van der Waals surface area contributed by atoms with Crippen molar-refractivity contribution in [3.8, 4) is 0 Å². The standard InChI is InChI=1S/C13H17BrO2/c1-3-11(14)13(16-2)9-12(15)10-7-5-4-6-8-10/h4-8,11,13H,3,9H2,1-2H3. The number of carbonyl (C=O) groups is 1. The highest BCUT2D eigenvalue weighted by molar-refractivity contribution is 9.09. The molecule has 0 aromatic heterocycles. The molecule has 3 heteroatoms. The molecule has 1 rings (SSSR count). The van der Waals surface area contributed by atoms with Crippen molar-refractivity contribution in [3.63, 3.8) is 0 Å². The maximum Gasteiger partial charge on any atom is 0.165 e. The van der Waals surface area contributed by atoms with Crippen LogP contribution in [0.1, 0.15) is 30.1 Å². The molecule has 88 valence electrons. The van der Waals surface area contributed by atoms with Crippen molar-refractivity contribution >= 4 is 21.7 Å². The molecule has 2 atom stereocenters. The van der Waals surface area contributed by atoms with Crippen molar-refractivity contribution in [3.05, 3.63) is 35.9 Å². The van der Waals surface area contributed by atoms with E-state index in [1.54, 1.807) is 7.11 Å². The Morgan fingerprint density at radius 1 is 1.38 bits per heavy atom. The Balaban J connectivity index is 2.63. The summed E-state index contributed by atoms with van der Waals surface area (Å²) in [5, 5.41) is 0. The first-order valence-corrected chi connectivity index (χ1v) is 6.35. The largest absolute Gasteiger partial charge is 0.380 e. The van der Waals surface area contributed by atoms with E-state index < -0.39 is 0 Å². The van der Waals surface area contributed by atoms with Gasteiger partial charge >= 0.3 is 0 Å². The zero-order chi connectivity index (χ0) is 12.0. The van der Waals surface area contributed by atoms with E-state index in [1.807, 2.05) is 30.3 Å². The molecular formula is C13H17BrO2. The molecule has 0 radical (unpaired) electrons.